The van der Waals surface area contributed by atoms with Crippen molar-refractivity contribution in [2.45, 2.75) is 0 Å². The fourth-order valence-electron chi connectivity index (χ4n) is 0. The van der Waals surface area contributed by atoms with Gasteiger partial charge in [-0.3, -0.25) is 0 Å². The average molecular weight is 436 g/mol. The van der Waals surface area contributed by atoms with Crippen molar-refractivity contribution in [3.63, 3.8) is 0 Å². The topological polar surface area (TPSA) is 28.5 Å². The monoisotopic (exact) mass is 438 g/mol. The van der Waals surface area contributed by atoms with E-state index in [9.17, 15) is 0 Å². The van der Waals surface area contributed by atoms with Gasteiger partial charge in [0.2, 0.25) is 0 Å². The van der Waals surface area contributed by atoms with E-state index in [4.69, 9.17) is 0 Å². The molecule has 0 N–H and O–H groups in total. The van der Waals surface area contributed by atoms with E-state index >= 15 is 0 Å². The third-order valence-corrected chi connectivity index (χ3v) is 0. The van der Waals surface area contributed by atoms with E-state index in [1.165, 1.54) is 0 Å². The number of hydrogen-bond acceptors (Lipinski definition) is 0. The van der Waals surface area contributed by atoms with Gasteiger partial charge in [0.05, 0.1) is 0 Å². The number of hydrogen-bond donors (Lipinski definition) is 0. The molecule has 3 radical (unpaired) electrons. The molecule has 5 heteroatoms. The van der Waals surface area contributed by atoms with Crippen LogP contribution in [0.15, 0.2) is 0 Å². The maximum atomic E-state index is 0. The second-order valence-electron chi connectivity index (χ2n) is 0. The first kappa shape index (κ1) is 49.7. The van der Waals surface area contributed by atoms with Crippen molar-refractivity contribution in [2.75, 3.05) is 0 Å². The Morgan fingerprint density at radius 1 is 1.00 bits per heavy atom. The van der Waals surface area contributed by atoms with Gasteiger partial charge in [-0.2, -0.15) is 0 Å². The van der Waals surface area contributed by atoms with Crippen molar-refractivity contribution in [2.24, 2.45) is 0 Å². The van der Waals surface area contributed by atoms with E-state index in [-0.39, 0.29) is 86.6 Å². The summed E-state index contributed by atoms with van der Waals surface area (Å²) in [5.41, 5.74) is 0. The van der Waals surface area contributed by atoms with Crippen LogP contribution < -0.4 is 0 Å². The summed E-state index contributed by atoms with van der Waals surface area (Å²) in [5.74, 6) is 0. The van der Waals surface area contributed by atoms with E-state index in [0.29, 0.717) is 0 Å². The Morgan fingerprint density at radius 3 is 1.00 bits per heavy atom. The predicted octanol–water partition coefficient (Wildman–Crippen LogP) is -0.507. The zero-order valence-corrected chi connectivity index (χ0v) is 9.58. The van der Waals surface area contributed by atoms with Crippen LogP contribution in [0.1, 0.15) is 0 Å². The molecule has 0 aliphatic carbocycles. The van der Waals surface area contributed by atoms with Crippen LogP contribution in [0.25, 0.3) is 0 Å². The molecule has 5 heavy (non-hydrogen) atoms. The first-order valence-electron chi connectivity index (χ1n) is 0. The Bertz CT molecular complexity index is 11.6. The quantitative estimate of drug-likeness (QED) is 0.459. The van der Waals surface area contributed by atoms with Crippen LogP contribution in [0.3, 0.4) is 0 Å². The van der Waals surface area contributed by atoms with Crippen molar-refractivity contribution in [3.05, 3.63) is 0 Å². The summed E-state index contributed by atoms with van der Waals surface area (Å²) in [5, 5.41) is 0. The zero-order valence-electron chi connectivity index (χ0n) is 1.95. The van der Waals surface area contributed by atoms with Gasteiger partial charge in [0.1, 0.15) is 0 Å². The first-order chi connectivity index (χ1) is 0. The van der Waals surface area contributed by atoms with Crippen LogP contribution in [-0.4, -0.2) is 26.2 Å². The van der Waals surface area contributed by atoms with Gasteiger partial charge in [0, 0.05) is 0 Å². The van der Waals surface area contributed by atoms with Gasteiger partial charge in [0.15, 0.2) is 0 Å². The van der Waals surface area contributed by atoms with Gasteiger partial charge in [-0.1, -0.05) is 0 Å². The molecule has 0 rings (SSSR count). The van der Waals surface area contributed by atoms with Crippen LogP contribution in [0, 0.1) is 0 Å². The minimum atomic E-state index is 0. The largest absolute Gasteiger partial charge is 4.00 e. The Balaban J connectivity index is 0. The van der Waals surface area contributed by atoms with Crippen molar-refractivity contribution in [1.29, 1.82) is 0 Å². The average Bonchev–Trinajstić information content (AvgIpc) is 0. The molecule has 0 saturated heterocycles. The Hall–Kier alpha value is 2.56. The maximum absolute atomic E-state index is 0. The molecule has 0 aromatic carbocycles. The summed E-state index contributed by atoms with van der Waals surface area (Å²) in [6.07, 6.45) is 0. The Morgan fingerprint density at radius 2 is 1.00 bits per heavy atom. The van der Waals surface area contributed by atoms with Gasteiger partial charge >= 0.3 is 81.1 Å². The molecule has 0 aromatic rings. The van der Waals surface area contributed by atoms with Gasteiger partial charge in [-0.25, -0.2) is 0 Å². The van der Waals surface area contributed by atoms with Crippen molar-refractivity contribution in [3.8, 4) is 0 Å². The van der Waals surface area contributed by atoms with Gasteiger partial charge in [-0.15, -0.1) is 0 Å². The van der Waals surface area contributed by atoms with Crippen molar-refractivity contribution >= 4 is 26.2 Å². The third-order valence-electron chi connectivity index (χ3n) is 0. The molecule has 0 saturated carbocycles. The first-order valence-corrected chi connectivity index (χ1v) is 0. The molecule has 0 spiro atoms. The van der Waals surface area contributed by atoms with E-state index in [1.54, 1.807) is 0 Å². The normalized spacial score (nSPS) is 0. The van der Waals surface area contributed by atoms with Crippen LogP contribution in [0.2, 0.25) is 0 Å². The van der Waals surface area contributed by atoms with E-state index in [2.05, 4.69) is 0 Å². The molecule has 0 atom stereocenters. The third kappa shape index (κ3) is 20.8. The Labute approximate surface area is 85.4 Å². The Kier molecular flexibility index (Phi) is 308. The van der Waals surface area contributed by atoms with E-state index in [1.807, 2.05) is 0 Å². The molecular formula is BiCoFeMoO+9. The zero-order chi connectivity index (χ0) is 0. The molecule has 0 aromatic heterocycles. The summed E-state index contributed by atoms with van der Waals surface area (Å²) in [7, 11) is 0. The molecule has 0 aliphatic rings. The second kappa shape index (κ2) is 31.0. The smallest absolute Gasteiger partial charge is 2.00 e. The van der Waals surface area contributed by atoms with Crippen LogP contribution in [-0.2, 0) is 60.4 Å². The van der Waals surface area contributed by atoms with Crippen molar-refractivity contribution < 1.29 is 60.4 Å². The minimum Gasteiger partial charge on any atom is -2.00 e. The molecule has 25 valence electrons. The summed E-state index contributed by atoms with van der Waals surface area (Å²) >= 11 is 0. The van der Waals surface area contributed by atoms with Gasteiger partial charge < -0.3 is 5.48 Å². The van der Waals surface area contributed by atoms with E-state index in [0.717, 1.165) is 0 Å². The SMILES string of the molecule is [Bi+3].[Co+2].[Fe+2].[Mo+4].[O-2]. The van der Waals surface area contributed by atoms with E-state index < -0.39 is 0 Å². The maximum Gasteiger partial charge on any atom is 4.00 e. The fraction of sp³-hybridized carbons (Fsp3) is 0. The van der Waals surface area contributed by atoms with Crippen LogP contribution >= 0.6 is 0 Å². The molecule has 0 aliphatic heterocycles. The summed E-state index contributed by atoms with van der Waals surface area (Å²) < 4.78 is 0. The predicted molar refractivity (Wildman–Crippen MR) is 6.44 cm³/mol. The summed E-state index contributed by atoms with van der Waals surface area (Å²) in [4.78, 5) is 0. The van der Waals surface area contributed by atoms with Crippen LogP contribution in [0.4, 0.5) is 0 Å². The molecule has 0 heterocycles. The van der Waals surface area contributed by atoms with Gasteiger partial charge in [-0.05, 0) is 0 Å². The molecule has 0 unspecified atom stereocenters. The van der Waals surface area contributed by atoms with Gasteiger partial charge in [0.25, 0.3) is 0 Å². The van der Waals surface area contributed by atoms with Crippen molar-refractivity contribution in [1.82, 2.24) is 0 Å². The molecule has 0 fully saturated rings. The molecular weight excluding hydrogens is 436 g/mol. The standard InChI is InChI=1S/Bi.Co.Fe.Mo.O/q+3;2*+2;+4;-2. The minimum absolute atomic E-state index is 0. The number of rotatable bonds is 0. The fourth-order valence-corrected chi connectivity index (χ4v) is 0. The molecule has 1 nitrogen and oxygen atoms in total. The molecule has 0 bridgehead atoms. The molecule has 0 amide bonds. The van der Waals surface area contributed by atoms with Crippen LogP contribution in [0.5, 0.6) is 0 Å². The summed E-state index contributed by atoms with van der Waals surface area (Å²) in [6, 6.07) is 0. The summed E-state index contributed by atoms with van der Waals surface area (Å²) in [6.45, 7) is 0. The second-order valence-corrected chi connectivity index (χ2v) is 0.